The van der Waals surface area contributed by atoms with E-state index in [-0.39, 0.29) is 31.2 Å². The summed E-state index contributed by atoms with van der Waals surface area (Å²) in [6.45, 7) is 3.62. The number of methoxy groups -OCH3 is 2. The number of nitrogens with zero attached hydrogens (tertiary/aromatic N) is 4. The van der Waals surface area contributed by atoms with Crippen LogP contribution in [0, 0.1) is 0 Å². The number of allylic oxidation sites excluding steroid dienone is 1. The molecule has 6 rings (SSSR count). The maximum atomic E-state index is 12.4. The number of aromatic nitrogens is 4. The molecule has 1 aliphatic heterocycles. The average Bonchev–Trinajstić information content (AvgIpc) is 3.76. The minimum atomic E-state index is -2.97. The van der Waals surface area contributed by atoms with Crippen molar-refractivity contribution in [1.29, 1.82) is 0 Å². The molecule has 0 radical (unpaired) electrons. The molecule has 2 N–H and O–H groups in total. The molecule has 0 aliphatic carbocycles. The quantitative estimate of drug-likeness (QED) is 0.0742. The molecule has 1 fully saturated rings. The number of carbonyl (C=O) groups excluding carboxylic acids is 1. The van der Waals surface area contributed by atoms with Crippen molar-refractivity contribution in [3.8, 4) is 11.5 Å². The Balaban J connectivity index is 1.35. The first-order chi connectivity index (χ1) is 24.4. The fourth-order valence-electron chi connectivity index (χ4n) is 6.11. The summed E-state index contributed by atoms with van der Waals surface area (Å²) in [4.78, 5) is 35.3. The molecule has 3 aromatic carbocycles. The fraction of sp³-hybridized carbons (Fsp3) is 0.278. The second kappa shape index (κ2) is 15.7. The SMILES string of the molecule is C=CCCC(=O)Nc1ncnc2c1ncn2[C@H]1C[C@H](O[P+](=O)O)[C@@H](COC(c2ccccc2)(c2ccc(OC)cc2)c2ccc(OC)cc2)O1. The normalized spacial score (nSPS) is 17.7. The van der Waals surface area contributed by atoms with E-state index in [1.165, 1.54) is 12.7 Å². The lowest BCUT2D eigenvalue weighted by molar-refractivity contribution is -0.116. The van der Waals surface area contributed by atoms with E-state index in [4.69, 9.17) is 23.5 Å². The summed E-state index contributed by atoms with van der Waals surface area (Å²) >= 11 is 0. The van der Waals surface area contributed by atoms with Gasteiger partial charge in [0, 0.05) is 17.4 Å². The fourth-order valence-corrected chi connectivity index (χ4v) is 6.56. The Kier molecular flexibility index (Phi) is 10.9. The van der Waals surface area contributed by atoms with Crippen molar-refractivity contribution in [2.24, 2.45) is 0 Å². The van der Waals surface area contributed by atoms with Crippen LogP contribution in [0.15, 0.2) is 104 Å². The maximum Gasteiger partial charge on any atom is 0.695 e. The van der Waals surface area contributed by atoms with Gasteiger partial charge in [0.2, 0.25) is 5.91 Å². The maximum absolute atomic E-state index is 12.4. The number of ether oxygens (including phenoxy) is 4. The van der Waals surface area contributed by atoms with Crippen LogP contribution in [-0.4, -0.2) is 63.4 Å². The molecule has 1 aliphatic rings. The number of anilines is 1. The van der Waals surface area contributed by atoms with Crippen molar-refractivity contribution in [2.75, 3.05) is 26.1 Å². The molecule has 3 heterocycles. The highest BCUT2D eigenvalue weighted by molar-refractivity contribution is 7.32. The van der Waals surface area contributed by atoms with E-state index in [1.807, 2.05) is 78.9 Å². The Morgan fingerprint density at radius 2 is 1.64 bits per heavy atom. The van der Waals surface area contributed by atoms with Gasteiger partial charge in [0.15, 0.2) is 17.0 Å². The van der Waals surface area contributed by atoms with Gasteiger partial charge in [0.1, 0.15) is 41.9 Å². The smallest absolute Gasteiger partial charge is 0.497 e. The number of imidazole rings is 1. The van der Waals surface area contributed by atoms with Crippen molar-refractivity contribution >= 4 is 31.1 Å². The Labute approximate surface area is 289 Å². The molecule has 5 aromatic rings. The molecule has 1 amide bonds. The number of amides is 1. The first kappa shape index (κ1) is 34.8. The monoisotopic (exact) mass is 698 g/mol. The van der Waals surface area contributed by atoms with E-state index in [0.717, 1.165) is 16.7 Å². The molecular weight excluding hydrogens is 661 g/mol. The van der Waals surface area contributed by atoms with Crippen molar-refractivity contribution in [1.82, 2.24) is 19.5 Å². The molecule has 0 spiro atoms. The number of hydrogen-bond donors (Lipinski definition) is 2. The van der Waals surface area contributed by atoms with Crippen molar-refractivity contribution in [3.05, 3.63) is 121 Å². The Hall–Kier alpha value is -5.04. The van der Waals surface area contributed by atoms with Crippen LogP contribution in [0.1, 0.15) is 42.2 Å². The van der Waals surface area contributed by atoms with E-state index in [0.29, 0.717) is 29.1 Å². The van der Waals surface area contributed by atoms with Crippen LogP contribution in [0.2, 0.25) is 0 Å². The summed E-state index contributed by atoms with van der Waals surface area (Å²) in [5, 5.41) is 2.78. The lowest BCUT2D eigenvalue weighted by Crippen LogP contribution is -2.38. The number of benzene rings is 3. The van der Waals surface area contributed by atoms with Gasteiger partial charge >= 0.3 is 8.25 Å². The zero-order valence-corrected chi connectivity index (χ0v) is 28.4. The molecule has 0 bridgehead atoms. The van der Waals surface area contributed by atoms with Gasteiger partial charge in [0.05, 0.1) is 27.2 Å². The lowest BCUT2D eigenvalue weighted by Gasteiger charge is -2.37. The second-order valence-corrected chi connectivity index (χ2v) is 12.2. The largest absolute Gasteiger partial charge is 0.695 e. The van der Waals surface area contributed by atoms with E-state index in [2.05, 4.69) is 26.8 Å². The first-order valence-corrected chi connectivity index (χ1v) is 17.0. The summed E-state index contributed by atoms with van der Waals surface area (Å²) < 4.78 is 43.7. The molecule has 4 atom stereocenters. The predicted molar refractivity (Wildman–Crippen MR) is 185 cm³/mol. The molecule has 14 heteroatoms. The van der Waals surface area contributed by atoms with Crippen LogP contribution in [0.3, 0.4) is 0 Å². The highest BCUT2D eigenvalue weighted by Gasteiger charge is 2.46. The van der Waals surface area contributed by atoms with E-state index >= 15 is 0 Å². The summed E-state index contributed by atoms with van der Waals surface area (Å²) in [7, 11) is 0.245. The minimum Gasteiger partial charge on any atom is -0.497 e. The van der Waals surface area contributed by atoms with Gasteiger partial charge in [-0.15, -0.1) is 16.0 Å². The van der Waals surface area contributed by atoms with Gasteiger partial charge in [-0.1, -0.05) is 60.7 Å². The predicted octanol–water partition coefficient (Wildman–Crippen LogP) is 6.08. The molecule has 258 valence electrons. The number of fused-ring (bicyclic) bond motifs is 1. The molecule has 0 saturated carbocycles. The van der Waals surface area contributed by atoms with E-state index in [1.54, 1.807) is 24.9 Å². The number of hydrogen-bond acceptors (Lipinski definition) is 10. The molecular formula is C36H37N5O8P+. The van der Waals surface area contributed by atoms with Gasteiger partial charge < -0.3 is 24.3 Å². The second-order valence-electron chi connectivity index (χ2n) is 11.5. The van der Waals surface area contributed by atoms with Gasteiger partial charge in [-0.3, -0.25) is 9.36 Å². The van der Waals surface area contributed by atoms with Crippen LogP contribution >= 0.6 is 8.25 Å². The summed E-state index contributed by atoms with van der Waals surface area (Å²) in [5.41, 5.74) is 2.10. The molecule has 1 unspecified atom stereocenters. The lowest BCUT2D eigenvalue weighted by atomic mass is 9.80. The van der Waals surface area contributed by atoms with Crippen LogP contribution in [0.5, 0.6) is 11.5 Å². The first-order valence-electron chi connectivity index (χ1n) is 15.9. The van der Waals surface area contributed by atoms with Crippen molar-refractivity contribution in [2.45, 2.75) is 43.3 Å². The summed E-state index contributed by atoms with van der Waals surface area (Å²) in [6, 6.07) is 25.0. The average molecular weight is 699 g/mol. The van der Waals surface area contributed by atoms with E-state index < -0.39 is 32.3 Å². The molecule has 1 saturated heterocycles. The number of rotatable bonds is 15. The van der Waals surface area contributed by atoms with Gasteiger partial charge in [-0.2, -0.15) is 0 Å². The summed E-state index contributed by atoms with van der Waals surface area (Å²) in [5.74, 6) is 1.40. The highest BCUT2D eigenvalue weighted by Crippen LogP contribution is 2.44. The zero-order chi connectivity index (χ0) is 35.1. The van der Waals surface area contributed by atoms with Crippen LogP contribution in [0.25, 0.3) is 11.2 Å². The Morgan fingerprint density at radius 1 is 1.00 bits per heavy atom. The summed E-state index contributed by atoms with van der Waals surface area (Å²) in [6.07, 6.45) is 3.17. The third kappa shape index (κ3) is 7.28. The van der Waals surface area contributed by atoms with Gasteiger partial charge in [-0.25, -0.2) is 15.0 Å². The zero-order valence-electron chi connectivity index (χ0n) is 27.5. The molecule has 13 nitrogen and oxygen atoms in total. The van der Waals surface area contributed by atoms with E-state index in [9.17, 15) is 14.3 Å². The highest BCUT2D eigenvalue weighted by atomic mass is 31.1. The van der Waals surface area contributed by atoms with Crippen LogP contribution in [0.4, 0.5) is 5.82 Å². The van der Waals surface area contributed by atoms with Gasteiger partial charge in [0.25, 0.3) is 0 Å². The Morgan fingerprint density at radius 3 is 2.24 bits per heavy atom. The molecule has 2 aromatic heterocycles. The van der Waals surface area contributed by atoms with Crippen molar-refractivity contribution in [3.63, 3.8) is 0 Å². The topological polar surface area (TPSA) is 156 Å². The van der Waals surface area contributed by atoms with Crippen LogP contribution < -0.4 is 14.8 Å². The van der Waals surface area contributed by atoms with Crippen LogP contribution in [-0.2, 0) is 29.0 Å². The number of nitrogens with one attached hydrogen (secondary N) is 1. The molecule has 50 heavy (non-hydrogen) atoms. The standard InChI is InChI=1S/C36H36N5O8P/c1-4-5-11-31(42)40-34-33-35(38-22-37-34)41(23-39-33)32-20-29(49-50(43)44)30(48-32)21-47-36(24-9-7-6-8-10-24,25-12-16-27(45-2)17-13-25)26-14-18-28(46-3)19-15-26/h4,6-10,12-19,22-23,29-30,32H,1,5,11,20-21H2,2-3H3,(H-,37,38,40,42,43,44)/p+1/t29-,30+,32+/m0/s1. The third-order valence-electron chi connectivity index (χ3n) is 8.55. The number of carbonyl (C=O) groups is 1. The van der Waals surface area contributed by atoms with Crippen molar-refractivity contribution < 1.29 is 37.7 Å². The Bertz CT molecular complexity index is 1890. The van der Waals surface area contributed by atoms with Gasteiger partial charge in [-0.05, 0) is 47.4 Å². The minimum absolute atomic E-state index is 0.0382. The third-order valence-corrected chi connectivity index (χ3v) is 9.00.